The van der Waals surface area contributed by atoms with E-state index in [1.807, 2.05) is 0 Å². The first-order chi connectivity index (χ1) is 9.31. The molecule has 0 aliphatic heterocycles. The molecule has 0 fully saturated rings. The van der Waals surface area contributed by atoms with Gasteiger partial charge in [0.15, 0.2) is 0 Å². The fraction of sp³-hybridized carbons (Fsp3) is 0.562. The first-order valence-electron chi connectivity index (χ1n) is 6.36. The summed E-state index contributed by atoms with van der Waals surface area (Å²) in [6.07, 6.45) is 4.36. The molecule has 0 saturated carbocycles. The Morgan fingerprint density at radius 1 is 0.947 bits per heavy atom. The van der Waals surface area contributed by atoms with E-state index in [2.05, 4.69) is 40.3 Å². The number of methoxy groups -OCH3 is 1. The van der Waals surface area contributed by atoms with Crippen molar-refractivity contribution in [3.8, 4) is 35.5 Å². The summed E-state index contributed by atoms with van der Waals surface area (Å²) in [5.41, 5.74) is 0. The Morgan fingerprint density at radius 3 is 2.00 bits per heavy atom. The Kier molecular flexibility index (Phi) is 12.8. The molecule has 0 amide bonds. The molecular weight excluding hydrogens is 240 g/mol. The molecule has 102 valence electrons. The Bertz CT molecular complexity index is 418. The zero-order valence-corrected chi connectivity index (χ0v) is 11.4. The lowest BCUT2D eigenvalue weighted by atomic mass is 10.2. The molecule has 3 nitrogen and oxygen atoms in total. The van der Waals surface area contributed by atoms with Gasteiger partial charge in [-0.1, -0.05) is 23.7 Å². The van der Waals surface area contributed by atoms with Crippen molar-refractivity contribution in [1.82, 2.24) is 0 Å². The van der Waals surface area contributed by atoms with Crippen LogP contribution in [0.4, 0.5) is 0 Å². The third-order valence-electron chi connectivity index (χ3n) is 2.10. The average molecular weight is 260 g/mol. The number of hydrogen-bond donors (Lipinski definition) is 1. The van der Waals surface area contributed by atoms with Crippen LogP contribution >= 0.6 is 0 Å². The van der Waals surface area contributed by atoms with Crippen molar-refractivity contribution in [2.75, 3.05) is 13.7 Å². The van der Waals surface area contributed by atoms with Gasteiger partial charge in [-0.3, -0.25) is 4.79 Å². The molecule has 0 aliphatic carbocycles. The van der Waals surface area contributed by atoms with Crippen LogP contribution in [-0.4, -0.2) is 24.8 Å². The monoisotopic (exact) mass is 260 g/mol. The van der Waals surface area contributed by atoms with Crippen LogP contribution in [0.5, 0.6) is 0 Å². The Labute approximate surface area is 115 Å². The van der Waals surface area contributed by atoms with Gasteiger partial charge < -0.3 is 9.84 Å². The topological polar surface area (TPSA) is 46.5 Å². The van der Waals surface area contributed by atoms with E-state index in [0.29, 0.717) is 25.7 Å². The minimum absolute atomic E-state index is 0.186. The minimum Gasteiger partial charge on any atom is -0.469 e. The number of aliphatic hydroxyl groups excluding tert-OH is 1. The molecule has 0 aliphatic rings. The maximum Gasteiger partial charge on any atom is 0.305 e. The molecular formula is C16H20O3. The molecule has 19 heavy (non-hydrogen) atoms. The largest absolute Gasteiger partial charge is 0.469 e. The second kappa shape index (κ2) is 14.2. The normalized spacial score (nSPS) is 8.11. The molecule has 0 saturated heterocycles. The molecule has 0 aromatic heterocycles. The smallest absolute Gasteiger partial charge is 0.305 e. The van der Waals surface area contributed by atoms with Crippen molar-refractivity contribution in [3.05, 3.63) is 0 Å². The zero-order chi connectivity index (χ0) is 14.2. The highest BCUT2D eigenvalue weighted by molar-refractivity contribution is 5.69. The lowest BCUT2D eigenvalue weighted by Crippen LogP contribution is -1.98. The maximum absolute atomic E-state index is 10.8. The van der Waals surface area contributed by atoms with Gasteiger partial charge in [-0.15, -0.1) is 11.8 Å². The number of carbonyl (C=O) groups excluding carboxylic acids is 1. The summed E-state index contributed by atoms with van der Waals surface area (Å²) in [6, 6.07) is 0. The Hall–Kier alpha value is -1.89. The van der Waals surface area contributed by atoms with E-state index in [0.717, 1.165) is 19.3 Å². The highest BCUT2D eigenvalue weighted by Gasteiger charge is 1.96. The van der Waals surface area contributed by atoms with E-state index < -0.39 is 0 Å². The summed E-state index contributed by atoms with van der Waals surface area (Å²) >= 11 is 0. The van der Waals surface area contributed by atoms with Gasteiger partial charge >= 0.3 is 5.97 Å². The number of unbranched alkanes of at least 4 members (excludes halogenated alkanes) is 2. The van der Waals surface area contributed by atoms with E-state index in [-0.39, 0.29) is 12.6 Å². The summed E-state index contributed by atoms with van der Waals surface area (Å²) in [4.78, 5) is 10.8. The van der Waals surface area contributed by atoms with Gasteiger partial charge in [-0.2, -0.15) is 0 Å². The third kappa shape index (κ3) is 14.0. The molecule has 0 radical (unpaired) electrons. The van der Waals surface area contributed by atoms with Crippen molar-refractivity contribution < 1.29 is 14.6 Å². The maximum atomic E-state index is 10.8. The van der Waals surface area contributed by atoms with Crippen molar-refractivity contribution >= 4 is 5.97 Å². The second-order valence-electron chi connectivity index (χ2n) is 3.67. The zero-order valence-electron chi connectivity index (χ0n) is 11.4. The minimum atomic E-state index is -0.193. The SMILES string of the molecule is COC(=O)CCCC#CCC#CCC#CCCCO. The lowest BCUT2D eigenvalue weighted by molar-refractivity contribution is -0.140. The number of esters is 1. The fourth-order valence-corrected chi connectivity index (χ4v) is 1.11. The molecule has 0 unspecified atom stereocenters. The van der Waals surface area contributed by atoms with E-state index in [1.165, 1.54) is 7.11 Å². The molecule has 0 atom stereocenters. The van der Waals surface area contributed by atoms with Gasteiger partial charge in [0.2, 0.25) is 0 Å². The molecule has 0 heterocycles. The number of rotatable bonds is 5. The van der Waals surface area contributed by atoms with Crippen LogP contribution in [0.3, 0.4) is 0 Å². The number of carbonyl (C=O) groups is 1. The quantitative estimate of drug-likeness (QED) is 0.466. The number of ether oxygens (including phenoxy) is 1. The highest BCUT2D eigenvalue weighted by Crippen LogP contribution is 1.95. The van der Waals surface area contributed by atoms with Gasteiger partial charge in [0.25, 0.3) is 0 Å². The molecule has 3 heteroatoms. The lowest BCUT2D eigenvalue weighted by Gasteiger charge is -1.93. The summed E-state index contributed by atoms with van der Waals surface area (Å²) in [5, 5.41) is 8.54. The molecule has 0 aromatic carbocycles. The predicted octanol–water partition coefficient (Wildman–Crippen LogP) is 1.89. The highest BCUT2D eigenvalue weighted by atomic mass is 16.5. The summed E-state index contributed by atoms with van der Waals surface area (Å²) in [7, 11) is 1.39. The number of aliphatic hydroxyl groups is 1. The van der Waals surface area contributed by atoms with Crippen molar-refractivity contribution in [2.45, 2.75) is 44.9 Å². The summed E-state index contributed by atoms with van der Waals surface area (Å²) in [5.74, 6) is 17.4. The van der Waals surface area contributed by atoms with Crippen LogP contribution in [0.2, 0.25) is 0 Å². The van der Waals surface area contributed by atoms with Crippen molar-refractivity contribution in [1.29, 1.82) is 0 Å². The summed E-state index contributed by atoms with van der Waals surface area (Å²) in [6.45, 7) is 0.186. The number of hydrogen-bond acceptors (Lipinski definition) is 3. The van der Waals surface area contributed by atoms with Crippen LogP contribution in [0.15, 0.2) is 0 Å². The Balaban J connectivity index is 3.52. The van der Waals surface area contributed by atoms with Crippen molar-refractivity contribution in [3.63, 3.8) is 0 Å². The van der Waals surface area contributed by atoms with Crippen LogP contribution in [0.25, 0.3) is 0 Å². The first-order valence-corrected chi connectivity index (χ1v) is 6.36. The Morgan fingerprint density at radius 2 is 1.47 bits per heavy atom. The molecule has 0 aromatic rings. The fourth-order valence-electron chi connectivity index (χ4n) is 1.11. The van der Waals surface area contributed by atoms with Gasteiger partial charge in [0.05, 0.1) is 20.0 Å². The second-order valence-corrected chi connectivity index (χ2v) is 3.67. The third-order valence-corrected chi connectivity index (χ3v) is 2.10. The van der Waals surface area contributed by atoms with E-state index in [1.54, 1.807) is 0 Å². The molecule has 1 N–H and O–H groups in total. The van der Waals surface area contributed by atoms with Crippen LogP contribution in [0.1, 0.15) is 44.9 Å². The van der Waals surface area contributed by atoms with E-state index in [9.17, 15) is 4.79 Å². The van der Waals surface area contributed by atoms with E-state index in [4.69, 9.17) is 5.11 Å². The first kappa shape index (κ1) is 17.1. The van der Waals surface area contributed by atoms with E-state index >= 15 is 0 Å². The molecule has 0 bridgehead atoms. The van der Waals surface area contributed by atoms with Crippen LogP contribution in [0, 0.1) is 35.5 Å². The van der Waals surface area contributed by atoms with Gasteiger partial charge in [-0.25, -0.2) is 0 Å². The van der Waals surface area contributed by atoms with Crippen LogP contribution < -0.4 is 0 Å². The van der Waals surface area contributed by atoms with Gasteiger partial charge in [0, 0.05) is 25.9 Å². The molecule has 0 rings (SSSR count). The van der Waals surface area contributed by atoms with Crippen molar-refractivity contribution in [2.24, 2.45) is 0 Å². The van der Waals surface area contributed by atoms with Gasteiger partial charge in [-0.05, 0) is 12.8 Å². The predicted molar refractivity (Wildman–Crippen MR) is 74.7 cm³/mol. The molecule has 0 spiro atoms. The van der Waals surface area contributed by atoms with Gasteiger partial charge in [0.1, 0.15) is 0 Å². The standard InChI is InChI=1S/C16H20O3/c1-19-16(18)14-12-10-8-6-4-2-3-5-7-9-11-13-15-17/h17H,4-5,10-15H2,1H3. The average Bonchev–Trinajstić information content (AvgIpc) is 2.43. The summed E-state index contributed by atoms with van der Waals surface area (Å²) < 4.78 is 4.52. The van der Waals surface area contributed by atoms with Crippen LogP contribution in [-0.2, 0) is 9.53 Å².